The molecule has 0 radical (unpaired) electrons. The Hall–Kier alpha value is -5.35. The molecule has 286 valence electrons. The summed E-state index contributed by atoms with van der Waals surface area (Å²) in [4.78, 5) is 44.0. The van der Waals surface area contributed by atoms with Gasteiger partial charge >= 0.3 is 0 Å². The normalized spacial score (nSPS) is 21.3. The number of hydrogen-bond acceptors (Lipinski definition) is 8. The lowest BCUT2D eigenvalue weighted by Crippen LogP contribution is -2.52. The van der Waals surface area contributed by atoms with Gasteiger partial charge in [-0.2, -0.15) is 0 Å². The predicted octanol–water partition coefficient (Wildman–Crippen LogP) is 6.40. The van der Waals surface area contributed by atoms with Gasteiger partial charge in [0.25, 0.3) is 5.91 Å². The monoisotopic (exact) mass is 742 g/mol. The van der Waals surface area contributed by atoms with Crippen molar-refractivity contribution < 1.29 is 29.0 Å². The van der Waals surface area contributed by atoms with Crippen molar-refractivity contribution in [2.24, 2.45) is 0 Å². The zero-order valence-corrected chi connectivity index (χ0v) is 31.5. The Kier molecular flexibility index (Phi) is 10.8. The Morgan fingerprint density at radius 3 is 2.36 bits per heavy atom. The highest BCUT2D eigenvalue weighted by atomic mass is 16.5. The van der Waals surface area contributed by atoms with Gasteiger partial charge in [0, 0.05) is 56.8 Å². The van der Waals surface area contributed by atoms with E-state index in [1.54, 1.807) is 12.0 Å². The van der Waals surface area contributed by atoms with Gasteiger partial charge in [-0.1, -0.05) is 48.5 Å². The molecule has 0 spiro atoms. The van der Waals surface area contributed by atoms with Crippen molar-refractivity contribution in [1.29, 1.82) is 0 Å². The van der Waals surface area contributed by atoms with E-state index in [-0.39, 0.29) is 24.2 Å². The highest BCUT2D eigenvalue weighted by Gasteiger charge is 2.41. The van der Waals surface area contributed by atoms with Crippen LogP contribution in [0.15, 0.2) is 84.9 Å². The smallest absolute Gasteiger partial charge is 0.258 e. The number of piperazine rings is 1. The van der Waals surface area contributed by atoms with Crippen LogP contribution in [-0.4, -0.2) is 85.1 Å². The largest absolute Gasteiger partial charge is 0.508 e. The summed E-state index contributed by atoms with van der Waals surface area (Å²) in [6.45, 7) is 5.75. The summed E-state index contributed by atoms with van der Waals surface area (Å²) in [7, 11) is 1.58. The van der Waals surface area contributed by atoms with Crippen molar-refractivity contribution in [2.75, 3.05) is 51.3 Å². The highest BCUT2D eigenvalue weighted by molar-refractivity contribution is 6.06. The Morgan fingerprint density at radius 1 is 0.800 bits per heavy atom. The van der Waals surface area contributed by atoms with E-state index in [0.717, 1.165) is 81.8 Å². The third kappa shape index (κ3) is 7.78. The molecule has 3 aliphatic heterocycles. The van der Waals surface area contributed by atoms with Crippen molar-refractivity contribution in [3.05, 3.63) is 118 Å². The number of aryl methyl sites for hydroxylation is 1. The van der Waals surface area contributed by atoms with Gasteiger partial charge in [-0.15, -0.1) is 0 Å². The average Bonchev–Trinajstić information content (AvgIpc) is 3.54. The molecule has 8 rings (SSSR count). The molecule has 4 aromatic rings. The molecule has 2 fully saturated rings. The number of rotatable bonds is 12. The standard InChI is InChI=1S/C45H50N4O6/c1-54-40-28-34(26-33-29-49(45(53)43(33)40)39-18-19-41(51)46-44(39)52)48-23-21-47(22-24-48)20-6-3-7-25-55-36-14-10-31(11-15-36)42-37(30-8-4-2-5-9-30)16-12-32-27-35(50)13-17-38(32)42/h2,4-5,8-11,13-15,17,26-28,37,39,42,50H,3,6-7,12,16,18-25,29H2,1H3,(H,46,51,52)/t37-,39+,42+/m1/s1. The van der Waals surface area contributed by atoms with Crippen molar-refractivity contribution in [3.63, 3.8) is 0 Å². The molecule has 3 atom stereocenters. The number of carbonyl (C=O) groups excluding carboxylic acids is 3. The number of imide groups is 1. The molecule has 0 unspecified atom stereocenters. The van der Waals surface area contributed by atoms with Crippen LogP contribution in [0.1, 0.15) is 88.5 Å². The topological polar surface area (TPSA) is 112 Å². The van der Waals surface area contributed by atoms with E-state index in [4.69, 9.17) is 9.47 Å². The fourth-order valence-electron chi connectivity index (χ4n) is 9.08. The van der Waals surface area contributed by atoms with E-state index in [9.17, 15) is 19.5 Å². The molecule has 3 heterocycles. The minimum Gasteiger partial charge on any atom is -0.508 e. The van der Waals surface area contributed by atoms with Crippen LogP contribution in [0.5, 0.6) is 17.2 Å². The zero-order valence-electron chi connectivity index (χ0n) is 31.5. The summed E-state index contributed by atoms with van der Waals surface area (Å²) in [5.41, 5.74) is 7.56. The summed E-state index contributed by atoms with van der Waals surface area (Å²) in [6, 6.07) is 28.6. The lowest BCUT2D eigenvalue weighted by atomic mass is 9.69. The molecule has 0 saturated carbocycles. The van der Waals surface area contributed by atoms with Gasteiger partial charge in [0.2, 0.25) is 11.8 Å². The van der Waals surface area contributed by atoms with E-state index in [2.05, 4.69) is 81.8 Å². The molecule has 4 aromatic carbocycles. The molecule has 0 aromatic heterocycles. The van der Waals surface area contributed by atoms with Crippen LogP contribution in [0.3, 0.4) is 0 Å². The number of ether oxygens (including phenoxy) is 2. The number of methoxy groups -OCH3 is 1. The molecule has 2 N–H and O–H groups in total. The highest BCUT2D eigenvalue weighted by Crippen LogP contribution is 2.47. The molecule has 0 bridgehead atoms. The van der Waals surface area contributed by atoms with Gasteiger partial charge in [0.1, 0.15) is 23.3 Å². The van der Waals surface area contributed by atoms with E-state index in [1.807, 2.05) is 18.2 Å². The molecule has 4 aliphatic rings. The van der Waals surface area contributed by atoms with Crippen molar-refractivity contribution in [2.45, 2.75) is 69.4 Å². The van der Waals surface area contributed by atoms with Crippen LogP contribution in [0, 0.1) is 0 Å². The Labute approximate surface area is 323 Å². The van der Waals surface area contributed by atoms with E-state index >= 15 is 0 Å². The van der Waals surface area contributed by atoms with Gasteiger partial charge in [-0.25, -0.2) is 0 Å². The second-order valence-corrected chi connectivity index (χ2v) is 15.3. The molecular weight excluding hydrogens is 693 g/mol. The third-order valence-electron chi connectivity index (χ3n) is 12.0. The van der Waals surface area contributed by atoms with E-state index in [0.29, 0.717) is 42.6 Å². The number of nitrogens with one attached hydrogen (secondary N) is 1. The summed E-state index contributed by atoms with van der Waals surface area (Å²) >= 11 is 0. The van der Waals surface area contributed by atoms with Crippen molar-refractivity contribution in [3.8, 4) is 17.2 Å². The Morgan fingerprint density at radius 2 is 1.60 bits per heavy atom. The van der Waals surface area contributed by atoms with Gasteiger partial charge in [-0.05, 0) is 109 Å². The van der Waals surface area contributed by atoms with E-state index < -0.39 is 11.9 Å². The number of fused-ring (bicyclic) bond motifs is 2. The number of carbonyl (C=O) groups is 3. The van der Waals surface area contributed by atoms with Crippen LogP contribution in [0.4, 0.5) is 5.69 Å². The Balaban J connectivity index is 0.791. The van der Waals surface area contributed by atoms with Crippen molar-refractivity contribution in [1.82, 2.24) is 15.1 Å². The van der Waals surface area contributed by atoms with Crippen LogP contribution >= 0.6 is 0 Å². The fourth-order valence-corrected chi connectivity index (χ4v) is 9.08. The summed E-state index contributed by atoms with van der Waals surface area (Å²) in [5, 5.41) is 12.5. The van der Waals surface area contributed by atoms with Crippen LogP contribution < -0.4 is 19.7 Å². The maximum Gasteiger partial charge on any atom is 0.258 e. The molecule has 55 heavy (non-hydrogen) atoms. The average molecular weight is 743 g/mol. The summed E-state index contributed by atoms with van der Waals surface area (Å²) in [5.74, 6) is 1.44. The second-order valence-electron chi connectivity index (χ2n) is 15.3. The lowest BCUT2D eigenvalue weighted by Gasteiger charge is -2.36. The molecule has 10 nitrogen and oxygen atoms in total. The number of anilines is 1. The van der Waals surface area contributed by atoms with Crippen LogP contribution in [0.2, 0.25) is 0 Å². The van der Waals surface area contributed by atoms with Gasteiger partial charge in [-0.3, -0.25) is 24.6 Å². The van der Waals surface area contributed by atoms with E-state index in [1.165, 1.54) is 22.3 Å². The summed E-state index contributed by atoms with van der Waals surface area (Å²) < 4.78 is 11.9. The number of piperidine rings is 1. The van der Waals surface area contributed by atoms with Crippen molar-refractivity contribution >= 4 is 23.4 Å². The minimum absolute atomic E-state index is 0.220. The second kappa shape index (κ2) is 16.2. The first-order valence-corrected chi connectivity index (χ1v) is 19.8. The molecule has 1 aliphatic carbocycles. The van der Waals surface area contributed by atoms with Crippen LogP contribution in [0.25, 0.3) is 0 Å². The quantitative estimate of drug-likeness (QED) is 0.127. The zero-order chi connectivity index (χ0) is 37.9. The molecule has 2 saturated heterocycles. The predicted molar refractivity (Wildman–Crippen MR) is 211 cm³/mol. The first-order chi connectivity index (χ1) is 26.9. The number of hydrogen-bond donors (Lipinski definition) is 2. The number of phenols is 1. The number of aromatic hydroxyl groups is 1. The fraction of sp³-hybridized carbons (Fsp3) is 0.400. The lowest BCUT2D eigenvalue weighted by molar-refractivity contribution is -0.136. The molecular formula is C45H50N4O6. The maximum atomic E-state index is 13.4. The van der Waals surface area contributed by atoms with Gasteiger partial charge in [0.15, 0.2) is 0 Å². The van der Waals surface area contributed by atoms with Crippen LogP contribution in [-0.2, 0) is 22.6 Å². The summed E-state index contributed by atoms with van der Waals surface area (Å²) in [6.07, 6.45) is 5.79. The third-order valence-corrected chi connectivity index (χ3v) is 12.0. The molecule has 10 heteroatoms. The number of nitrogens with zero attached hydrogens (tertiary/aromatic N) is 3. The maximum absolute atomic E-state index is 13.4. The minimum atomic E-state index is -0.649. The number of unbranched alkanes of at least 4 members (excludes halogenated alkanes) is 2. The Bertz CT molecular complexity index is 2030. The molecule has 3 amide bonds. The number of phenolic OH excluding ortho intramolecular Hbond substituents is 1. The number of amides is 3. The SMILES string of the molecule is COc1cc(N2CCN(CCCCCOc3ccc([C@@H]4c5ccc(O)cc5CC[C@@H]4c4ccccc4)cc3)CC2)cc2c1C(=O)N([C@H]1CCC(=O)NC1=O)C2. The number of benzene rings is 4. The first-order valence-electron chi connectivity index (χ1n) is 19.8. The van der Waals surface area contributed by atoms with Gasteiger partial charge in [0.05, 0.1) is 19.3 Å². The first kappa shape index (κ1) is 36.6. The van der Waals surface area contributed by atoms with Gasteiger partial charge < -0.3 is 24.4 Å².